The van der Waals surface area contributed by atoms with Crippen LogP contribution in [0.5, 0.6) is 0 Å². The Morgan fingerprint density at radius 2 is 1.65 bits per heavy atom. The molecule has 210 valence electrons. The number of amides is 1. The van der Waals surface area contributed by atoms with E-state index in [2.05, 4.69) is 10.6 Å². The Balaban J connectivity index is 1.40. The number of nitrogens with one attached hydrogen (secondary N) is 2. The molecule has 0 aromatic heterocycles. The highest BCUT2D eigenvalue weighted by molar-refractivity contribution is 7.94. The van der Waals surface area contributed by atoms with Gasteiger partial charge in [0.1, 0.15) is 6.10 Å². The highest BCUT2D eigenvalue weighted by atomic mass is 32.2. The predicted octanol–water partition coefficient (Wildman–Crippen LogP) is 2.83. The summed E-state index contributed by atoms with van der Waals surface area (Å²) in [5, 5.41) is 7.20. The van der Waals surface area contributed by atoms with Crippen LogP contribution in [-0.2, 0) is 32.2 Å². The molecule has 1 saturated heterocycles. The molecule has 9 heteroatoms. The molecule has 0 aliphatic carbocycles. The first-order chi connectivity index (χ1) is 19.3. The standard InChI is InChI=1S/C31H35N3O5S/c32-28(21-24-11-14-25(15-12-24)30(35)29-22-33-18-19-39-29)31(36)34-26(16-13-23-7-3-1-4-8-23)17-20-40(37,38)27-9-5-2-6-10-27/h1-12,14-15,17,20,26,28-29,33H,13,16,18-19,21-22,32H2,(H,34,36)/t26-,28-,29?/m0/s1. The van der Waals surface area contributed by atoms with Gasteiger partial charge < -0.3 is 21.1 Å². The molecule has 40 heavy (non-hydrogen) atoms. The van der Waals surface area contributed by atoms with Gasteiger partial charge in [-0.3, -0.25) is 9.59 Å². The Morgan fingerprint density at radius 1 is 0.975 bits per heavy atom. The molecule has 1 fully saturated rings. The smallest absolute Gasteiger partial charge is 0.237 e. The number of ketones is 1. The van der Waals surface area contributed by atoms with Crippen LogP contribution in [0.25, 0.3) is 0 Å². The van der Waals surface area contributed by atoms with E-state index in [0.29, 0.717) is 31.6 Å². The SMILES string of the molecule is N[C@@H](Cc1ccc(C(=O)C2CNCCO2)cc1)C(=O)N[C@H](C=CS(=O)(=O)c1ccccc1)CCc1ccccc1. The van der Waals surface area contributed by atoms with E-state index >= 15 is 0 Å². The summed E-state index contributed by atoms with van der Waals surface area (Å²) in [4.78, 5) is 25.9. The van der Waals surface area contributed by atoms with Crippen molar-refractivity contribution in [3.05, 3.63) is 113 Å². The van der Waals surface area contributed by atoms with Gasteiger partial charge in [-0.15, -0.1) is 0 Å². The maximum Gasteiger partial charge on any atom is 0.237 e. The predicted molar refractivity (Wildman–Crippen MR) is 155 cm³/mol. The number of Topliss-reactive ketones (excluding diaryl/α,β-unsaturated/α-hetero) is 1. The second kappa shape index (κ2) is 14.1. The van der Waals surface area contributed by atoms with Crippen LogP contribution in [0.4, 0.5) is 0 Å². The Bertz CT molecular complexity index is 1390. The average Bonchev–Trinajstić information content (AvgIpc) is 3.00. The largest absolute Gasteiger partial charge is 0.367 e. The fourth-order valence-corrected chi connectivity index (χ4v) is 5.52. The van der Waals surface area contributed by atoms with Crippen LogP contribution in [-0.4, -0.2) is 58.0 Å². The molecule has 0 bridgehead atoms. The monoisotopic (exact) mass is 561 g/mol. The zero-order valence-corrected chi connectivity index (χ0v) is 23.1. The zero-order valence-electron chi connectivity index (χ0n) is 22.2. The normalized spacial score (nSPS) is 17.3. The number of morpholine rings is 1. The van der Waals surface area contributed by atoms with Crippen LogP contribution in [0.3, 0.4) is 0 Å². The first-order valence-corrected chi connectivity index (χ1v) is 14.9. The van der Waals surface area contributed by atoms with Crippen molar-refractivity contribution < 1.29 is 22.7 Å². The first kappa shape index (κ1) is 29.4. The van der Waals surface area contributed by atoms with Crippen LogP contribution >= 0.6 is 0 Å². The van der Waals surface area contributed by atoms with Gasteiger partial charge in [0.2, 0.25) is 5.91 Å². The lowest BCUT2D eigenvalue weighted by Gasteiger charge is -2.22. The third-order valence-electron chi connectivity index (χ3n) is 6.73. The van der Waals surface area contributed by atoms with Crippen molar-refractivity contribution in [3.8, 4) is 0 Å². The number of carbonyl (C=O) groups is 2. The second-order valence-electron chi connectivity index (χ2n) is 9.76. The summed E-state index contributed by atoms with van der Waals surface area (Å²) in [6, 6.07) is 23.5. The molecule has 3 aromatic carbocycles. The van der Waals surface area contributed by atoms with Crippen LogP contribution in [0, 0.1) is 0 Å². The molecule has 8 nitrogen and oxygen atoms in total. The minimum atomic E-state index is -3.67. The van der Waals surface area contributed by atoms with Gasteiger partial charge in [-0.25, -0.2) is 8.42 Å². The van der Waals surface area contributed by atoms with Gasteiger partial charge in [0.25, 0.3) is 0 Å². The highest BCUT2D eigenvalue weighted by Crippen LogP contribution is 2.14. The molecule has 4 N–H and O–H groups in total. The molecule has 0 spiro atoms. The molecule has 0 saturated carbocycles. The number of carbonyl (C=O) groups excluding carboxylic acids is 2. The summed E-state index contributed by atoms with van der Waals surface area (Å²) in [6.45, 7) is 1.71. The Morgan fingerprint density at radius 3 is 2.30 bits per heavy atom. The van der Waals surface area contributed by atoms with E-state index in [-0.39, 0.29) is 23.0 Å². The van der Waals surface area contributed by atoms with Crippen molar-refractivity contribution in [2.45, 2.75) is 42.3 Å². The van der Waals surface area contributed by atoms with Gasteiger partial charge >= 0.3 is 0 Å². The Labute approximate surface area is 235 Å². The molecule has 1 heterocycles. The summed E-state index contributed by atoms with van der Waals surface area (Å²) >= 11 is 0. The summed E-state index contributed by atoms with van der Waals surface area (Å²) in [5.74, 6) is -0.471. The summed E-state index contributed by atoms with van der Waals surface area (Å²) < 4.78 is 31.1. The molecule has 3 atom stereocenters. The van der Waals surface area contributed by atoms with E-state index in [1.807, 2.05) is 30.3 Å². The van der Waals surface area contributed by atoms with E-state index in [1.165, 1.54) is 18.2 Å². The van der Waals surface area contributed by atoms with Crippen molar-refractivity contribution in [1.29, 1.82) is 0 Å². The molecular formula is C31H35N3O5S. The number of sulfone groups is 1. The minimum absolute atomic E-state index is 0.0840. The Kier molecular flexibility index (Phi) is 10.4. The third kappa shape index (κ3) is 8.43. The van der Waals surface area contributed by atoms with Crippen molar-refractivity contribution in [1.82, 2.24) is 10.6 Å². The van der Waals surface area contributed by atoms with Crippen LogP contribution in [0.1, 0.15) is 27.9 Å². The third-order valence-corrected chi connectivity index (χ3v) is 8.17. The number of aryl methyl sites for hydroxylation is 1. The van der Waals surface area contributed by atoms with Crippen molar-refractivity contribution in [2.75, 3.05) is 19.7 Å². The molecule has 1 unspecified atom stereocenters. The van der Waals surface area contributed by atoms with Gasteiger partial charge in [0.15, 0.2) is 15.6 Å². The molecule has 1 amide bonds. The van der Waals surface area contributed by atoms with E-state index in [0.717, 1.165) is 23.1 Å². The average molecular weight is 562 g/mol. The van der Waals surface area contributed by atoms with Gasteiger partial charge in [0, 0.05) is 30.1 Å². The number of hydrogen-bond donors (Lipinski definition) is 3. The van der Waals surface area contributed by atoms with Gasteiger partial charge in [0.05, 0.1) is 17.5 Å². The number of rotatable bonds is 12. The molecule has 0 radical (unpaired) electrons. The zero-order chi connectivity index (χ0) is 28.4. The molecule has 3 aromatic rings. The number of hydrogen-bond acceptors (Lipinski definition) is 7. The second-order valence-corrected chi connectivity index (χ2v) is 11.6. The number of benzene rings is 3. The van der Waals surface area contributed by atoms with Gasteiger partial charge in [-0.1, -0.05) is 78.9 Å². The van der Waals surface area contributed by atoms with E-state index in [1.54, 1.807) is 42.5 Å². The van der Waals surface area contributed by atoms with Crippen LogP contribution in [0.2, 0.25) is 0 Å². The highest BCUT2D eigenvalue weighted by Gasteiger charge is 2.23. The summed E-state index contributed by atoms with van der Waals surface area (Å²) in [7, 11) is -3.67. The van der Waals surface area contributed by atoms with Crippen LogP contribution in [0.15, 0.2) is 101 Å². The van der Waals surface area contributed by atoms with E-state index < -0.39 is 28.0 Å². The summed E-state index contributed by atoms with van der Waals surface area (Å²) in [6.07, 6.45) is 2.42. The lowest BCUT2D eigenvalue weighted by molar-refractivity contribution is -0.122. The lowest BCUT2D eigenvalue weighted by Crippen LogP contribution is -2.46. The quantitative estimate of drug-likeness (QED) is 0.290. The van der Waals surface area contributed by atoms with Crippen molar-refractivity contribution in [3.63, 3.8) is 0 Å². The maximum absolute atomic E-state index is 13.0. The lowest BCUT2D eigenvalue weighted by atomic mass is 10.00. The maximum atomic E-state index is 13.0. The van der Waals surface area contributed by atoms with Crippen LogP contribution < -0.4 is 16.4 Å². The van der Waals surface area contributed by atoms with Crippen molar-refractivity contribution in [2.24, 2.45) is 5.73 Å². The fraction of sp³-hybridized carbons (Fsp3) is 0.290. The molecular weight excluding hydrogens is 526 g/mol. The topological polar surface area (TPSA) is 128 Å². The molecule has 1 aliphatic heterocycles. The molecule has 1 aliphatic rings. The number of nitrogens with two attached hydrogens (primary N) is 1. The number of ether oxygens (including phenoxy) is 1. The summed E-state index contributed by atoms with van der Waals surface area (Å²) in [5.41, 5.74) is 8.67. The molecule has 4 rings (SSSR count). The fourth-order valence-electron chi connectivity index (χ4n) is 4.43. The Hall–Kier alpha value is -3.63. The van der Waals surface area contributed by atoms with Gasteiger partial charge in [-0.2, -0.15) is 0 Å². The van der Waals surface area contributed by atoms with Crippen molar-refractivity contribution >= 4 is 21.5 Å². The van der Waals surface area contributed by atoms with E-state index in [4.69, 9.17) is 10.5 Å². The van der Waals surface area contributed by atoms with E-state index in [9.17, 15) is 18.0 Å². The minimum Gasteiger partial charge on any atom is -0.367 e. The van der Waals surface area contributed by atoms with Gasteiger partial charge in [-0.05, 0) is 42.5 Å². The first-order valence-electron chi connectivity index (χ1n) is 13.4.